The molecule has 1 atom stereocenters. The molecule has 0 spiro atoms. The predicted molar refractivity (Wildman–Crippen MR) is 84.8 cm³/mol. The van der Waals surface area contributed by atoms with Crippen molar-refractivity contribution in [3.8, 4) is 0 Å². The number of thiophene rings is 1. The summed E-state index contributed by atoms with van der Waals surface area (Å²) in [4.78, 5) is 0. The third kappa shape index (κ3) is 2.86. The average molecular weight is 390 g/mol. The van der Waals surface area contributed by atoms with Crippen LogP contribution < -0.4 is 11.3 Å². The molecule has 1 heterocycles. The average Bonchev–Trinajstić information content (AvgIpc) is 2.64. The third-order valence-corrected chi connectivity index (χ3v) is 5.41. The van der Waals surface area contributed by atoms with Crippen molar-refractivity contribution in [3.05, 3.63) is 54.1 Å². The van der Waals surface area contributed by atoms with Crippen LogP contribution in [0, 0.1) is 13.8 Å². The molecule has 96 valence electrons. The molecule has 0 aliphatic heterocycles. The van der Waals surface area contributed by atoms with Crippen LogP contribution in [0.3, 0.4) is 0 Å². The molecule has 2 aromatic rings. The van der Waals surface area contributed by atoms with Gasteiger partial charge in [0.25, 0.3) is 0 Å². The molecule has 2 rings (SSSR count). The first-order valence-electron chi connectivity index (χ1n) is 5.51. The maximum atomic E-state index is 5.72. The largest absolute Gasteiger partial charge is 0.271 e. The summed E-state index contributed by atoms with van der Waals surface area (Å²) >= 11 is 8.73. The van der Waals surface area contributed by atoms with Gasteiger partial charge in [0.1, 0.15) is 0 Å². The lowest BCUT2D eigenvalue weighted by Crippen LogP contribution is -2.28. The van der Waals surface area contributed by atoms with Crippen LogP contribution in [0.2, 0.25) is 0 Å². The minimum absolute atomic E-state index is 0.00113. The Morgan fingerprint density at radius 1 is 1.17 bits per heavy atom. The molecular formula is C13H14Br2N2S. The van der Waals surface area contributed by atoms with Gasteiger partial charge in [0.15, 0.2) is 0 Å². The molecule has 2 nitrogen and oxygen atoms in total. The van der Waals surface area contributed by atoms with E-state index >= 15 is 0 Å². The summed E-state index contributed by atoms with van der Waals surface area (Å²) < 4.78 is 2.18. The van der Waals surface area contributed by atoms with Gasteiger partial charge in [0.05, 0.1) is 13.6 Å². The zero-order chi connectivity index (χ0) is 13.3. The SMILES string of the molecule is Cc1ccc(C(NN)c2cc(Br)sc2Br)cc1C. The van der Waals surface area contributed by atoms with Crippen LogP contribution >= 0.6 is 43.2 Å². The summed E-state index contributed by atoms with van der Waals surface area (Å²) in [6.07, 6.45) is 0. The molecule has 0 saturated carbocycles. The third-order valence-electron chi connectivity index (χ3n) is 3.03. The molecule has 1 unspecified atom stereocenters. The van der Waals surface area contributed by atoms with Crippen molar-refractivity contribution in [2.45, 2.75) is 19.9 Å². The van der Waals surface area contributed by atoms with Crippen molar-refractivity contribution < 1.29 is 0 Å². The molecule has 0 aliphatic rings. The van der Waals surface area contributed by atoms with Crippen molar-refractivity contribution in [1.29, 1.82) is 0 Å². The number of nitrogens with two attached hydrogens (primary N) is 1. The molecule has 18 heavy (non-hydrogen) atoms. The number of benzene rings is 1. The summed E-state index contributed by atoms with van der Waals surface area (Å²) in [5, 5.41) is 0. The van der Waals surface area contributed by atoms with Crippen LogP contribution in [0.25, 0.3) is 0 Å². The predicted octanol–water partition coefficient (Wildman–Crippen LogP) is 4.44. The van der Waals surface area contributed by atoms with E-state index in [2.05, 4.69) is 75.4 Å². The first-order chi connectivity index (χ1) is 8.52. The second-order valence-electron chi connectivity index (χ2n) is 4.22. The fourth-order valence-corrected chi connectivity index (χ4v) is 4.76. The van der Waals surface area contributed by atoms with Crippen LogP contribution in [0.1, 0.15) is 28.3 Å². The van der Waals surface area contributed by atoms with Crippen molar-refractivity contribution >= 4 is 43.2 Å². The summed E-state index contributed by atoms with van der Waals surface area (Å²) in [5.74, 6) is 5.72. The second kappa shape index (κ2) is 5.84. The summed E-state index contributed by atoms with van der Waals surface area (Å²) in [6, 6.07) is 8.52. The topological polar surface area (TPSA) is 38.0 Å². The molecular weight excluding hydrogens is 376 g/mol. The van der Waals surface area contributed by atoms with Gasteiger partial charge in [-0.2, -0.15) is 0 Å². The highest BCUT2D eigenvalue weighted by atomic mass is 79.9. The number of hydrazine groups is 1. The van der Waals surface area contributed by atoms with Gasteiger partial charge >= 0.3 is 0 Å². The molecule has 0 fully saturated rings. The van der Waals surface area contributed by atoms with Crippen molar-refractivity contribution in [3.63, 3.8) is 0 Å². The molecule has 1 aromatic heterocycles. The van der Waals surface area contributed by atoms with E-state index in [1.165, 1.54) is 16.7 Å². The van der Waals surface area contributed by atoms with Crippen molar-refractivity contribution in [2.24, 2.45) is 5.84 Å². The molecule has 0 radical (unpaired) electrons. The van der Waals surface area contributed by atoms with E-state index < -0.39 is 0 Å². The molecule has 0 amide bonds. The lowest BCUT2D eigenvalue weighted by molar-refractivity contribution is 0.636. The maximum absolute atomic E-state index is 5.72. The van der Waals surface area contributed by atoms with Gasteiger partial charge in [0.2, 0.25) is 0 Å². The lowest BCUT2D eigenvalue weighted by atomic mass is 9.98. The standard InChI is InChI=1S/C13H14Br2N2S/c1-7-3-4-9(5-8(7)2)12(17-16)10-6-11(14)18-13(10)15/h3-6,12,17H,16H2,1-2H3. The summed E-state index contributed by atoms with van der Waals surface area (Å²) in [5.41, 5.74) is 7.78. The summed E-state index contributed by atoms with van der Waals surface area (Å²) in [7, 11) is 0. The Balaban J connectivity index is 2.45. The normalized spacial score (nSPS) is 12.7. The minimum Gasteiger partial charge on any atom is -0.271 e. The van der Waals surface area contributed by atoms with Gasteiger partial charge in [-0.15, -0.1) is 11.3 Å². The molecule has 0 saturated heterocycles. The lowest BCUT2D eigenvalue weighted by Gasteiger charge is -2.17. The number of aryl methyl sites for hydroxylation is 2. The van der Waals surface area contributed by atoms with E-state index in [9.17, 15) is 0 Å². The zero-order valence-electron chi connectivity index (χ0n) is 10.1. The Labute approximate surface area is 128 Å². The molecule has 0 bridgehead atoms. The Hall–Kier alpha value is -0.200. The van der Waals surface area contributed by atoms with Crippen LogP contribution in [0.4, 0.5) is 0 Å². The number of halogens is 2. The highest BCUT2D eigenvalue weighted by molar-refractivity contribution is 9.12. The number of hydrogen-bond donors (Lipinski definition) is 2. The maximum Gasteiger partial charge on any atom is 0.0762 e. The van der Waals surface area contributed by atoms with E-state index in [0.29, 0.717) is 0 Å². The van der Waals surface area contributed by atoms with Gasteiger partial charge < -0.3 is 0 Å². The molecule has 0 aliphatic carbocycles. The quantitative estimate of drug-likeness (QED) is 0.601. The van der Waals surface area contributed by atoms with E-state index in [1.807, 2.05) is 0 Å². The molecule has 5 heteroatoms. The Bertz CT molecular complexity index is 566. The number of hydrogen-bond acceptors (Lipinski definition) is 3. The van der Waals surface area contributed by atoms with E-state index in [4.69, 9.17) is 5.84 Å². The van der Waals surface area contributed by atoms with Crippen molar-refractivity contribution in [1.82, 2.24) is 5.43 Å². The Morgan fingerprint density at radius 2 is 1.89 bits per heavy atom. The van der Waals surface area contributed by atoms with Crippen LogP contribution in [0.5, 0.6) is 0 Å². The fourth-order valence-electron chi connectivity index (χ4n) is 1.86. The number of rotatable bonds is 3. The first kappa shape index (κ1) is 14.2. The van der Waals surface area contributed by atoms with Gasteiger partial charge in [-0.25, -0.2) is 5.43 Å². The van der Waals surface area contributed by atoms with Crippen molar-refractivity contribution in [2.75, 3.05) is 0 Å². The number of nitrogens with one attached hydrogen (secondary N) is 1. The van der Waals surface area contributed by atoms with E-state index in [1.54, 1.807) is 11.3 Å². The minimum atomic E-state index is 0.00113. The summed E-state index contributed by atoms with van der Waals surface area (Å²) in [6.45, 7) is 4.23. The van der Waals surface area contributed by atoms with Crippen LogP contribution in [-0.2, 0) is 0 Å². The van der Waals surface area contributed by atoms with Gasteiger partial charge in [-0.1, -0.05) is 18.2 Å². The fraction of sp³-hybridized carbons (Fsp3) is 0.231. The van der Waals surface area contributed by atoms with Crippen LogP contribution in [0.15, 0.2) is 31.8 Å². The van der Waals surface area contributed by atoms with E-state index in [-0.39, 0.29) is 6.04 Å². The Morgan fingerprint density at radius 3 is 2.39 bits per heavy atom. The highest BCUT2D eigenvalue weighted by Gasteiger charge is 2.18. The Kier molecular flexibility index (Phi) is 4.61. The molecule has 3 N–H and O–H groups in total. The first-order valence-corrected chi connectivity index (χ1v) is 7.91. The smallest absolute Gasteiger partial charge is 0.0762 e. The zero-order valence-corrected chi connectivity index (χ0v) is 14.1. The molecule has 1 aromatic carbocycles. The van der Waals surface area contributed by atoms with E-state index in [0.717, 1.165) is 13.1 Å². The van der Waals surface area contributed by atoms with Gasteiger partial charge in [0, 0.05) is 5.56 Å². The highest BCUT2D eigenvalue weighted by Crippen LogP contribution is 2.37. The van der Waals surface area contributed by atoms with Gasteiger partial charge in [-0.05, 0) is 68.5 Å². The van der Waals surface area contributed by atoms with Crippen LogP contribution in [-0.4, -0.2) is 0 Å². The van der Waals surface area contributed by atoms with Gasteiger partial charge in [-0.3, -0.25) is 5.84 Å². The monoisotopic (exact) mass is 388 g/mol. The second-order valence-corrected chi connectivity index (χ2v) is 7.97.